The molecule has 0 aliphatic heterocycles. The Kier molecular flexibility index (Phi) is 7.40. The van der Waals surface area contributed by atoms with Crippen LogP contribution in [0, 0.1) is 6.92 Å². The van der Waals surface area contributed by atoms with E-state index in [1.165, 1.54) is 11.3 Å². The van der Waals surface area contributed by atoms with Crippen LogP contribution < -0.4 is 15.4 Å². The topological polar surface area (TPSA) is 67.4 Å². The molecule has 3 aromatic rings. The molecule has 1 aromatic heterocycles. The van der Waals surface area contributed by atoms with Crippen LogP contribution in [0.2, 0.25) is 0 Å². The monoisotopic (exact) mass is 420 g/mol. The van der Waals surface area contributed by atoms with Gasteiger partial charge in [-0.2, -0.15) is 0 Å². The Bertz CT molecular complexity index is 997. The zero-order valence-corrected chi connectivity index (χ0v) is 17.7. The van der Waals surface area contributed by atoms with E-state index in [1.54, 1.807) is 30.3 Å². The van der Waals surface area contributed by atoms with E-state index in [1.807, 2.05) is 61.7 Å². The van der Waals surface area contributed by atoms with Crippen LogP contribution in [0.3, 0.4) is 0 Å². The number of carbonyl (C=O) groups is 2. The summed E-state index contributed by atoms with van der Waals surface area (Å²) in [4.78, 5) is 26.3. The van der Waals surface area contributed by atoms with Crippen LogP contribution in [0.15, 0.2) is 77.8 Å². The fourth-order valence-corrected chi connectivity index (χ4v) is 3.31. The lowest BCUT2D eigenvalue weighted by atomic mass is 10.2. The Balaban J connectivity index is 1.65. The number of thiophene rings is 1. The summed E-state index contributed by atoms with van der Waals surface area (Å²) in [5.74, 6) is 0.0400. The Labute approximate surface area is 180 Å². The van der Waals surface area contributed by atoms with Crippen molar-refractivity contribution in [2.75, 3.05) is 6.61 Å². The van der Waals surface area contributed by atoms with E-state index in [-0.39, 0.29) is 23.6 Å². The summed E-state index contributed by atoms with van der Waals surface area (Å²) < 4.78 is 5.74. The maximum atomic E-state index is 12.9. The van der Waals surface area contributed by atoms with Gasteiger partial charge in [0.2, 0.25) is 0 Å². The summed E-state index contributed by atoms with van der Waals surface area (Å²) in [6.07, 6.45) is 1.67. The normalized spacial score (nSPS) is 12.1. The first-order chi connectivity index (χ1) is 14.5. The average molecular weight is 421 g/mol. The van der Waals surface area contributed by atoms with Crippen LogP contribution in [0.1, 0.15) is 27.7 Å². The summed E-state index contributed by atoms with van der Waals surface area (Å²) in [6, 6.07) is 20.1. The maximum Gasteiger partial charge on any atom is 0.268 e. The molecule has 3 rings (SSSR count). The van der Waals surface area contributed by atoms with Crippen LogP contribution in [0.4, 0.5) is 0 Å². The van der Waals surface area contributed by atoms with E-state index in [9.17, 15) is 9.59 Å². The number of rotatable bonds is 8. The van der Waals surface area contributed by atoms with Gasteiger partial charge in [0.05, 0.1) is 6.04 Å². The summed E-state index contributed by atoms with van der Waals surface area (Å²) in [7, 11) is 0. The number of benzene rings is 2. The lowest BCUT2D eigenvalue weighted by Gasteiger charge is -2.17. The van der Waals surface area contributed by atoms with Crippen molar-refractivity contribution in [3.8, 4) is 5.75 Å². The molecule has 6 heteroatoms. The third kappa shape index (κ3) is 6.32. The number of hydrogen-bond acceptors (Lipinski definition) is 4. The molecule has 154 valence electrons. The summed E-state index contributed by atoms with van der Waals surface area (Å²) in [5, 5.41) is 7.54. The second-order valence-corrected chi connectivity index (χ2v) is 7.87. The van der Waals surface area contributed by atoms with Crippen molar-refractivity contribution in [1.82, 2.24) is 10.6 Å². The molecule has 0 saturated heterocycles. The van der Waals surface area contributed by atoms with Crippen molar-refractivity contribution >= 4 is 29.2 Å². The highest BCUT2D eigenvalue weighted by atomic mass is 32.1. The number of aryl methyl sites for hydroxylation is 1. The van der Waals surface area contributed by atoms with Gasteiger partial charge in [0.1, 0.15) is 18.1 Å². The van der Waals surface area contributed by atoms with E-state index in [0.717, 1.165) is 16.2 Å². The summed E-state index contributed by atoms with van der Waals surface area (Å²) in [6.45, 7) is 4.18. The molecule has 0 spiro atoms. The summed E-state index contributed by atoms with van der Waals surface area (Å²) >= 11 is 1.49. The Morgan fingerprint density at radius 2 is 1.77 bits per heavy atom. The van der Waals surface area contributed by atoms with Gasteiger partial charge in [0, 0.05) is 10.4 Å². The van der Waals surface area contributed by atoms with E-state index >= 15 is 0 Å². The quantitative estimate of drug-likeness (QED) is 0.531. The van der Waals surface area contributed by atoms with Gasteiger partial charge in [-0.1, -0.05) is 42.0 Å². The smallest absolute Gasteiger partial charge is 0.268 e. The lowest BCUT2D eigenvalue weighted by molar-refractivity contribution is -0.118. The standard InChI is InChI=1S/C24H24N2O3S/c1-17-10-12-20(13-11-17)29-16-18(2)25-24(28)22(15-21-9-6-14-30-21)26-23(27)19-7-4-3-5-8-19/h3-15,18H,16H2,1-2H3,(H,25,28)(H,26,27)/b22-15-. The molecule has 0 fully saturated rings. The number of nitrogens with one attached hydrogen (secondary N) is 2. The highest BCUT2D eigenvalue weighted by Gasteiger charge is 2.17. The third-order valence-electron chi connectivity index (χ3n) is 4.26. The molecule has 5 nitrogen and oxygen atoms in total. The second-order valence-electron chi connectivity index (χ2n) is 6.89. The van der Waals surface area contributed by atoms with Crippen LogP contribution >= 0.6 is 11.3 Å². The van der Waals surface area contributed by atoms with Crippen molar-refractivity contribution in [3.63, 3.8) is 0 Å². The van der Waals surface area contributed by atoms with Gasteiger partial charge in [0.25, 0.3) is 11.8 Å². The predicted octanol–water partition coefficient (Wildman–Crippen LogP) is 4.41. The number of ether oxygens (including phenoxy) is 1. The summed E-state index contributed by atoms with van der Waals surface area (Å²) in [5.41, 5.74) is 1.83. The molecule has 30 heavy (non-hydrogen) atoms. The van der Waals surface area contributed by atoms with Crippen molar-refractivity contribution < 1.29 is 14.3 Å². The van der Waals surface area contributed by atoms with Crippen LogP contribution in [0.5, 0.6) is 5.75 Å². The second kappa shape index (κ2) is 10.4. The van der Waals surface area contributed by atoms with Gasteiger partial charge in [-0.15, -0.1) is 11.3 Å². The molecule has 0 saturated carbocycles. The average Bonchev–Trinajstić information content (AvgIpc) is 3.26. The Hall–Kier alpha value is -3.38. The van der Waals surface area contributed by atoms with Gasteiger partial charge >= 0.3 is 0 Å². The van der Waals surface area contributed by atoms with Crippen LogP contribution in [-0.4, -0.2) is 24.5 Å². The van der Waals surface area contributed by atoms with Gasteiger partial charge in [-0.05, 0) is 55.6 Å². The van der Waals surface area contributed by atoms with E-state index in [4.69, 9.17) is 4.74 Å². The molecule has 0 aliphatic carbocycles. The molecule has 2 N–H and O–H groups in total. The predicted molar refractivity (Wildman–Crippen MR) is 120 cm³/mol. The van der Waals surface area contributed by atoms with Gasteiger partial charge < -0.3 is 15.4 Å². The fourth-order valence-electron chi connectivity index (χ4n) is 2.66. The Morgan fingerprint density at radius 3 is 2.43 bits per heavy atom. The fraction of sp³-hybridized carbons (Fsp3) is 0.167. The molecule has 1 heterocycles. The first-order valence-corrected chi connectivity index (χ1v) is 10.5. The minimum atomic E-state index is -0.368. The largest absolute Gasteiger partial charge is 0.491 e. The van der Waals surface area contributed by atoms with Gasteiger partial charge in [0.15, 0.2) is 0 Å². The molecule has 1 atom stereocenters. The molecule has 0 aliphatic rings. The van der Waals surface area contributed by atoms with Gasteiger partial charge in [-0.3, -0.25) is 9.59 Å². The maximum absolute atomic E-state index is 12.9. The number of carbonyl (C=O) groups excluding carboxylic acids is 2. The molecule has 2 aromatic carbocycles. The molecular weight excluding hydrogens is 396 g/mol. The highest BCUT2D eigenvalue weighted by molar-refractivity contribution is 7.10. The SMILES string of the molecule is Cc1ccc(OCC(C)NC(=O)/C(=C/c2cccs2)NC(=O)c2ccccc2)cc1. The highest BCUT2D eigenvalue weighted by Crippen LogP contribution is 2.14. The Morgan fingerprint density at radius 1 is 1.03 bits per heavy atom. The number of amides is 2. The zero-order chi connectivity index (χ0) is 21.3. The lowest BCUT2D eigenvalue weighted by Crippen LogP contribution is -2.41. The van der Waals surface area contributed by atoms with Crippen molar-refractivity contribution in [2.24, 2.45) is 0 Å². The van der Waals surface area contributed by atoms with Crippen LogP contribution in [0.25, 0.3) is 6.08 Å². The molecule has 0 bridgehead atoms. The zero-order valence-electron chi connectivity index (χ0n) is 16.9. The van der Waals surface area contributed by atoms with Crippen molar-refractivity contribution in [2.45, 2.75) is 19.9 Å². The minimum absolute atomic E-state index is 0.188. The molecule has 2 amide bonds. The third-order valence-corrected chi connectivity index (χ3v) is 5.08. The van der Waals surface area contributed by atoms with E-state index in [2.05, 4.69) is 10.6 Å². The first-order valence-electron chi connectivity index (χ1n) is 9.63. The van der Waals surface area contributed by atoms with Crippen molar-refractivity contribution in [1.29, 1.82) is 0 Å². The number of hydrogen-bond donors (Lipinski definition) is 2. The molecule has 1 unspecified atom stereocenters. The van der Waals surface area contributed by atoms with Gasteiger partial charge in [-0.25, -0.2) is 0 Å². The van der Waals surface area contributed by atoms with E-state index in [0.29, 0.717) is 12.2 Å². The van der Waals surface area contributed by atoms with E-state index < -0.39 is 0 Å². The van der Waals surface area contributed by atoms with Crippen molar-refractivity contribution in [3.05, 3.63) is 93.8 Å². The van der Waals surface area contributed by atoms with Crippen LogP contribution in [-0.2, 0) is 4.79 Å². The first kappa shape index (κ1) is 21.3. The minimum Gasteiger partial charge on any atom is -0.491 e. The molecular formula is C24H24N2O3S. The molecule has 0 radical (unpaired) electrons.